The summed E-state index contributed by atoms with van der Waals surface area (Å²) in [4.78, 5) is 0. The maximum Gasteiger partial charge on any atom is 0.0661 e. The zero-order valence-electron chi connectivity index (χ0n) is 8.11. The number of hydrogen-bond acceptors (Lipinski definition) is 2. The molecule has 1 saturated carbocycles. The molecule has 1 aliphatic carbocycles. The van der Waals surface area contributed by atoms with Crippen molar-refractivity contribution in [3.8, 4) is 0 Å². The Morgan fingerprint density at radius 1 is 1.23 bits per heavy atom. The van der Waals surface area contributed by atoms with Crippen molar-refractivity contribution in [2.45, 2.75) is 38.5 Å². The summed E-state index contributed by atoms with van der Waals surface area (Å²) < 4.78 is 0. The number of aromatic nitrogens is 2. The minimum Gasteiger partial charge on any atom is -0.159 e. The Kier molecular flexibility index (Phi) is 2.57. The second kappa shape index (κ2) is 3.86. The number of rotatable bonds is 1. The molecule has 0 saturated heterocycles. The van der Waals surface area contributed by atoms with Gasteiger partial charge in [0.1, 0.15) is 0 Å². The van der Waals surface area contributed by atoms with Crippen LogP contribution < -0.4 is 0 Å². The molecule has 2 heteroatoms. The van der Waals surface area contributed by atoms with E-state index in [1.165, 1.54) is 31.4 Å². The predicted molar refractivity (Wildman–Crippen MR) is 52.4 cm³/mol. The third-order valence-electron chi connectivity index (χ3n) is 3.03. The highest BCUT2D eigenvalue weighted by Crippen LogP contribution is 2.33. The standard InChI is InChI=1S/C11H16N2/c1-9-4-6-10(7-5-9)11-3-2-8-12-13-11/h2-3,8-10H,4-7H2,1H3. The molecule has 70 valence electrons. The summed E-state index contributed by atoms with van der Waals surface area (Å²) in [6.07, 6.45) is 7.02. The summed E-state index contributed by atoms with van der Waals surface area (Å²) in [5.74, 6) is 1.58. The summed E-state index contributed by atoms with van der Waals surface area (Å²) in [7, 11) is 0. The molecule has 0 atom stereocenters. The summed E-state index contributed by atoms with van der Waals surface area (Å²) in [5, 5.41) is 8.11. The van der Waals surface area contributed by atoms with Crippen LogP contribution in [0.3, 0.4) is 0 Å². The molecule has 0 radical (unpaired) electrons. The highest BCUT2D eigenvalue weighted by molar-refractivity contribution is 5.07. The van der Waals surface area contributed by atoms with Crippen LogP contribution in [0.5, 0.6) is 0 Å². The van der Waals surface area contributed by atoms with E-state index in [4.69, 9.17) is 0 Å². The van der Waals surface area contributed by atoms with Gasteiger partial charge in [0.15, 0.2) is 0 Å². The van der Waals surface area contributed by atoms with E-state index in [0.29, 0.717) is 5.92 Å². The Labute approximate surface area is 79.4 Å². The van der Waals surface area contributed by atoms with Gasteiger partial charge in [0, 0.05) is 12.1 Å². The highest BCUT2D eigenvalue weighted by atomic mass is 15.1. The molecule has 1 aliphatic rings. The maximum atomic E-state index is 4.18. The topological polar surface area (TPSA) is 25.8 Å². The second-order valence-corrected chi connectivity index (χ2v) is 4.11. The van der Waals surface area contributed by atoms with Crippen LogP contribution in [0.15, 0.2) is 18.3 Å². The molecule has 2 rings (SSSR count). The lowest BCUT2D eigenvalue weighted by Crippen LogP contribution is -2.12. The zero-order valence-corrected chi connectivity index (χ0v) is 8.11. The van der Waals surface area contributed by atoms with Gasteiger partial charge in [-0.2, -0.15) is 10.2 Å². The molecule has 13 heavy (non-hydrogen) atoms. The van der Waals surface area contributed by atoms with Crippen molar-refractivity contribution in [3.63, 3.8) is 0 Å². The molecule has 1 fully saturated rings. The number of hydrogen-bond donors (Lipinski definition) is 0. The van der Waals surface area contributed by atoms with Gasteiger partial charge >= 0.3 is 0 Å². The van der Waals surface area contributed by atoms with E-state index in [9.17, 15) is 0 Å². The first-order chi connectivity index (χ1) is 6.36. The maximum absolute atomic E-state index is 4.18. The van der Waals surface area contributed by atoms with Crippen molar-refractivity contribution < 1.29 is 0 Å². The SMILES string of the molecule is CC1CCC(c2cccnn2)CC1. The molecule has 1 aromatic rings. The van der Waals surface area contributed by atoms with Crippen LogP contribution in [0.2, 0.25) is 0 Å². The molecule has 0 spiro atoms. The normalized spacial score (nSPS) is 28.7. The van der Waals surface area contributed by atoms with Crippen molar-refractivity contribution >= 4 is 0 Å². The average Bonchev–Trinajstić information content (AvgIpc) is 2.20. The minimum atomic E-state index is 0.671. The lowest BCUT2D eigenvalue weighted by molar-refractivity contribution is 0.343. The van der Waals surface area contributed by atoms with Crippen LogP contribution >= 0.6 is 0 Å². The van der Waals surface area contributed by atoms with Crippen LogP contribution in [0, 0.1) is 5.92 Å². The van der Waals surface area contributed by atoms with E-state index in [1.807, 2.05) is 6.07 Å². The second-order valence-electron chi connectivity index (χ2n) is 4.11. The monoisotopic (exact) mass is 176 g/mol. The molecular formula is C11H16N2. The van der Waals surface area contributed by atoms with Gasteiger partial charge in [-0.1, -0.05) is 19.8 Å². The fraction of sp³-hybridized carbons (Fsp3) is 0.636. The van der Waals surface area contributed by atoms with Gasteiger partial charge < -0.3 is 0 Å². The molecule has 1 heterocycles. The number of nitrogens with zero attached hydrogens (tertiary/aromatic N) is 2. The van der Waals surface area contributed by atoms with Gasteiger partial charge in [0.25, 0.3) is 0 Å². The van der Waals surface area contributed by atoms with Crippen LogP contribution in [0.25, 0.3) is 0 Å². The molecule has 0 aliphatic heterocycles. The Hall–Kier alpha value is -0.920. The molecule has 2 nitrogen and oxygen atoms in total. The van der Waals surface area contributed by atoms with Crippen molar-refractivity contribution in [2.75, 3.05) is 0 Å². The molecule has 0 unspecified atom stereocenters. The Morgan fingerprint density at radius 2 is 2.00 bits per heavy atom. The first-order valence-corrected chi connectivity index (χ1v) is 5.14. The van der Waals surface area contributed by atoms with Gasteiger partial charge in [-0.3, -0.25) is 0 Å². The Morgan fingerprint density at radius 3 is 2.62 bits per heavy atom. The molecule has 0 bridgehead atoms. The van der Waals surface area contributed by atoms with Gasteiger partial charge in [0.05, 0.1) is 5.69 Å². The van der Waals surface area contributed by atoms with Gasteiger partial charge in [-0.25, -0.2) is 0 Å². The molecule has 0 N–H and O–H groups in total. The molecule has 0 amide bonds. The molecule has 1 aromatic heterocycles. The average molecular weight is 176 g/mol. The highest BCUT2D eigenvalue weighted by Gasteiger charge is 2.20. The third-order valence-corrected chi connectivity index (χ3v) is 3.03. The lowest BCUT2D eigenvalue weighted by atomic mass is 9.81. The first-order valence-electron chi connectivity index (χ1n) is 5.14. The minimum absolute atomic E-state index is 0.671. The Bertz CT molecular complexity index is 250. The van der Waals surface area contributed by atoms with Crippen molar-refractivity contribution in [2.24, 2.45) is 5.92 Å². The third kappa shape index (κ3) is 2.06. The van der Waals surface area contributed by atoms with Crippen LogP contribution in [0.4, 0.5) is 0 Å². The quantitative estimate of drug-likeness (QED) is 0.657. The van der Waals surface area contributed by atoms with Crippen molar-refractivity contribution in [1.82, 2.24) is 10.2 Å². The van der Waals surface area contributed by atoms with Gasteiger partial charge in [-0.05, 0) is 30.9 Å². The fourth-order valence-corrected chi connectivity index (χ4v) is 2.09. The van der Waals surface area contributed by atoms with Crippen LogP contribution in [-0.2, 0) is 0 Å². The van der Waals surface area contributed by atoms with Crippen LogP contribution in [-0.4, -0.2) is 10.2 Å². The van der Waals surface area contributed by atoms with E-state index >= 15 is 0 Å². The predicted octanol–water partition coefficient (Wildman–Crippen LogP) is 2.77. The van der Waals surface area contributed by atoms with E-state index in [1.54, 1.807) is 6.20 Å². The smallest absolute Gasteiger partial charge is 0.0661 e. The summed E-state index contributed by atoms with van der Waals surface area (Å²) in [6, 6.07) is 4.09. The van der Waals surface area contributed by atoms with Gasteiger partial charge in [-0.15, -0.1) is 0 Å². The van der Waals surface area contributed by atoms with Gasteiger partial charge in [0.2, 0.25) is 0 Å². The summed E-state index contributed by atoms with van der Waals surface area (Å²) in [5.41, 5.74) is 1.19. The largest absolute Gasteiger partial charge is 0.159 e. The van der Waals surface area contributed by atoms with E-state index in [0.717, 1.165) is 5.92 Å². The zero-order chi connectivity index (χ0) is 9.10. The summed E-state index contributed by atoms with van der Waals surface area (Å²) in [6.45, 7) is 2.34. The molecule has 0 aromatic carbocycles. The van der Waals surface area contributed by atoms with Crippen molar-refractivity contribution in [3.05, 3.63) is 24.0 Å². The lowest BCUT2D eigenvalue weighted by Gasteiger charge is -2.25. The van der Waals surface area contributed by atoms with E-state index < -0.39 is 0 Å². The Balaban J connectivity index is 2.03. The van der Waals surface area contributed by atoms with E-state index in [2.05, 4.69) is 23.2 Å². The summed E-state index contributed by atoms with van der Waals surface area (Å²) >= 11 is 0. The first kappa shape index (κ1) is 8.67. The van der Waals surface area contributed by atoms with E-state index in [-0.39, 0.29) is 0 Å². The van der Waals surface area contributed by atoms with Crippen LogP contribution in [0.1, 0.15) is 44.2 Å². The fourth-order valence-electron chi connectivity index (χ4n) is 2.09. The molecular weight excluding hydrogens is 160 g/mol. The van der Waals surface area contributed by atoms with Crippen molar-refractivity contribution in [1.29, 1.82) is 0 Å².